The van der Waals surface area contributed by atoms with Gasteiger partial charge in [-0.1, -0.05) is 39.8 Å². The number of benzene rings is 2. The highest BCUT2D eigenvalue weighted by atomic mass is 16.5. The number of carbonyl (C=O) groups excluding carboxylic acids is 5. The number of hydrogen-bond acceptors (Lipinski definition) is 11. The van der Waals surface area contributed by atoms with Crippen molar-refractivity contribution in [1.29, 1.82) is 0 Å². The number of phenols is 1. The molecule has 1 unspecified atom stereocenters. The lowest BCUT2D eigenvalue weighted by molar-refractivity contribution is -0.155. The number of phenolic OH excluding ortho intramolecular Hbond substituents is 1. The lowest BCUT2D eigenvalue weighted by Gasteiger charge is -2.40. The molecule has 8 rings (SSSR count). The smallest absolute Gasteiger partial charge is 0.324 e. The number of pyridine rings is 1. The van der Waals surface area contributed by atoms with Crippen molar-refractivity contribution in [2.45, 2.75) is 110 Å². The van der Waals surface area contributed by atoms with Gasteiger partial charge in [-0.3, -0.25) is 34.0 Å². The Bertz CT molecular complexity index is 2540. The molecule has 4 aliphatic heterocycles. The highest BCUT2D eigenvalue weighted by Gasteiger charge is 2.42. The summed E-state index contributed by atoms with van der Waals surface area (Å²) in [6.45, 7) is 14.7. The summed E-state index contributed by atoms with van der Waals surface area (Å²) in [4.78, 5) is 77.3. The number of likely N-dealkylation sites (N-methyl/N-ethyl adjacent to an activating group) is 1. The first kappa shape index (κ1) is 47.6. The number of cyclic esters (lactones) is 1. The second-order valence-electron chi connectivity index (χ2n) is 20.0. The van der Waals surface area contributed by atoms with Crippen LogP contribution >= 0.6 is 0 Å². The summed E-state index contributed by atoms with van der Waals surface area (Å²) in [5.41, 5.74) is 9.59. The molecule has 4 aromatic rings. The quantitative estimate of drug-likeness (QED) is 0.120. The zero-order chi connectivity index (χ0) is 47.9. The molecular formula is C51H66N8O8. The first-order chi connectivity index (χ1) is 32.0. The average Bonchev–Trinajstić information content (AvgIpc) is 4.10. The van der Waals surface area contributed by atoms with Gasteiger partial charge in [-0.2, -0.15) is 0 Å². The van der Waals surface area contributed by atoms with Crippen LogP contribution in [0.15, 0.2) is 54.7 Å². The highest BCUT2D eigenvalue weighted by molar-refractivity contribution is 5.96. The number of nitrogens with one attached hydrogen (secondary N) is 3. The van der Waals surface area contributed by atoms with Gasteiger partial charge >= 0.3 is 5.97 Å². The van der Waals surface area contributed by atoms with Gasteiger partial charge in [-0.05, 0) is 97.7 Å². The number of aromatic nitrogens is 2. The number of rotatable bonds is 11. The minimum atomic E-state index is -1.15. The predicted octanol–water partition coefficient (Wildman–Crippen LogP) is 4.75. The number of nitrogens with zero attached hydrogens (tertiary/aromatic N) is 5. The second kappa shape index (κ2) is 19.4. The van der Waals surface area contributed by atoms with Crippen molar-refractivity contribution in [1.82, 2.24) is 40.4 Å². The van der Waals surface area contributed by atoms with Gasteiger partial charge in [0.25, 0.3) is 5.91 Å². The molecule has 5 atom stereocenters. The summed E-state index contributed by atoms with van der Waals surface area (Å²) in [6.07, 6.45) is 3.19. The number of aromatic hydroxyl groups is 1. The maximum Gasteiger partial charge on any atom is 0.324 e. The molecule has 0 spiro atoms. The van der Waals surface area contributed by atoms with Crippen LogP contribution in [0.1, 0.15) is 83.7 Å². The first-order valence-corrected chi connectivity index (χ1v) is 23.8. The van der Waals surface area contributed by atoms with Crippen molar-refractivity contribution in [3.63, 3.8) is 0 Å². The van der Waals surface area contributed by atoms with E-state index in [0.29, 0.717) is 51.0 Å². The fraction of sp³-hybridized carbons (Fsp3) is 0.529. The van der Waals surface area contributed by atoms with Crippen LogP contribution in [0.2, 0.25) is 0 Å². The summed E-state index contributed by atoms with van der Waals surface area (Å²) >= 11 is 0. The van der Waals surface area contributed by atoms with Crippen LogP contribution in [0, 0.1) is 17.3 Å². The number of likely N-dealkylation sites (tertiary alicyclic amines) is 1. The topological polar surface area (TPSA) is 198 Å². The number of esters is 1. The number of ether oxygens (including phenoxy) is 2. The Morgan fingerprint density at radius 2 is 1.84 bits per heavy atom. The summed E-state index contributed by atoms with van der Waals surface area (Å²) in [7, 11) is 3.28. The Morgan fingerprint density at radius 3 is 2.54 bits per heavy atom. The molecule has 6 heterocycles. The Hall–Kier alpha value is -5.84. The molecule has 3 saturated heterocycles. The third-order valence-corrected chi connectivity index (χ3v) is 13.8. The van der Waals surface area contributed by atoms with Crippen LogP contribution in [0.25, 0.3) is 33.3 Å². The maximum absolute atomic E-state index is 14.7. The SMILES string of the molecule is CCn1c(-c2cccnc2[C@H](C)OC)c2c3cc(ccc31)-c1cc(O)cc(c1)C[C@H](NC(=O)C(C(C)C)N(C)C(=O)CC1CN(C(=O)[C@@H]3CN3)C1)C(=O)N1CCC[C@H](N1)C(=O)OCC(C)(C)C2. The van der Waals surface area contributed by atoms with E-state index in [9.17, 15) is 29.1 Å². The molecule has 67 heavy (non-hydrogen) atoms. The number of hydrogen-bond donors (Lipinski definition) is 4. The van der Waals surface area contributed by atoms with E-state index < -0.39 is 41.3 Å². The van der Waals surface area contributed by atoms with E-state index in [0.717, 1.165) is 44.5 Å². The van der Waals surface area contributed by atoms with E-state index in [1.165, 1.54) is 9.91 Å². The van der Waals surface area contributed by atoms with Crippen LogP contribution < -0.4 is 16.1 Å². The summed E-state index contributed by atoms with van der Waals surface area (Å²) < 4.78 is 14.2. The monoisotopic (exact) mass is 919 g/mol. The minimum absolute atomic E-state index is 0.00302. The summed E-state index contributed by atoms with van der Waals surface area (Å²) in [6, 6.07) is 12.5. The van der Waals surface area contributed by atoms with Gasteiger partial charge in [0.2, 0.25) is 17.7 Å². The Labute approximate surface area is 392 Å². The van der Waals surface area contributed by atoms with E-state index in [1.54, 1.807) is 37.4 Å². The Kier molecular flexibility index (Phi) is 13.8. The third kappa shape index (κ3) is 10.1. The van der Waals surface area contributed by atoms with Gasteiger partial charge < -0.3 is 39.6 Å². The largest absolute Gasteiger partial charge is 0.508 e. The summed E-state index contributed by atoms with van der Waals surface area (Å²) in [5, 5.41) is 19.8. The fourth-order valence-corrected chi connectivity index (χ4v) is 10.1. The van der Waals surface area contributed by atoms with Gasteiger partial charge in [-0.25, -0.2) is 5.43 Å². The fourth-order valence-electron chi connectivity index (χ4n) is 10.1. The van der Waals surface area contributed by atoms with E-state index in [-0.39, 0.29) is 67.5 Å². The molecule has 4 N–H and O–H groups in total. The summed E-state index contributed by atoms with van der Waals surface area (Å²) in [5.74, 6) is -1.94. The number of fused-ring (bicyclic) bond motifs is 6. The van der Waals surface area contributed by atoms with E-state index in [4.69, 9.17) is 14.5 Å². The Balaban J connectivity index is 1.16. The molecular weight excluding hydrogens is 853 g/mol. The normalized spacial score (nSPS) is 21.8. The lowest BCUT2D eigenvalue weighted by atomic mass is 9.84. The molecule has 3 fully saturated rings. The molecule has 2 aromatic carbocycles. The van der Waals surface area contributed by atoms with Crippen molar-refractivity contribution in [2.75, 3.05) is 46.9 Å². The van der Waals surface area contributed by atoms with Gasteiger partial charge in [0, 0.05) is 93.7 Å². The van der Waals surface area contributed by atoms with Gasteiger partial charge in [0.1, 0.15) is 23.9 Å². The highest BCUT2D eigenvalue weighted by Crippen LogP contribution is 2.42. The van der Waals surface area contributed by atoms with Crippen molar-refractivity contribution >= 4 is 40.5 Å². The van der Waals surface area contributed by atoms with Gasteiger partial charge in [-0.15, -0.1) is 0 Å². The standard InChI is InChI=1S/C51H66N8O8/c1-9-58-42-15-14-33-23-37(42)38(46(58)36-12-10-16-52-44(36)30(4)66-8)24-51(5,6)28-67-50(65)39-13-11-17-59(55-39)49(64)40(20-31-18-34(33)22-35(60)19-31)54-47(62)45(29(2)3)56(7)43(61)21-32-26-57(27-32)48(63)41-25-53-41/h10,12,14-16,18-19,22-23,29-30,32,39-41,45,53,55,60H,9,11,13,17,20-21,24-28H2,1-8H3,(H,54,62)/t30-,39-,40-,41-,45?/m0/s1. The molecule has 16 nitrogen and oxygen atoms in total. The van der Waals surface area contributed by atoms with Gasteiger partial charge in [0.15, 0.2) is 0 Å². The van der Waals surface area contributed by atoms with E-state index >= 15 is 0 Å². The Morgan fingerprint density at radius 1 is 1.07 bits per heavy atom. The number of amides is 4. The van der Waals surface area contributed by atoms with Crippen LogP contribution in [-0.4, -0.2) is 130 Å². The van der Waals surface area contributed by atoms with E-state index in [1.807, 2.05) is 39.0 Å². The minimum Gasteiger partial charge on any atom is -0.508 e. The zero-order valence-electron chi connectivity index (χ0n) is 40.1. The molecule has 0 radical (unpaired) electrons. The van der Waals surface area contributed by atoms with Crippen molar-refractivity contribution in [2.24, 2.45) is 17.3 Å². The van der Waals surface area contributed by atoms with Crippen molar-refractivity contribution < 1.29 is 38.6 Å². The average molecular weight is 919 g/mol. The molecule has 0 aliphatic carbocycles. The number of hydrazine groups is 1. The number of methoxy groups -OCH3 is 1. The van der Waals surface area contributed by atoms with Crippen LogP contribution in [0.3, 0.4) is 0 Å². The van der Waals surface area contributed by atoms with Gasteiger partial charge in [0.05, 0.1) is 30.1 Å². The molecule has 2 aromatic heterocycles. The molecule has 358 valence electrons. The molecule has 6 bridgehead atoms. The first-order valence-electron chi connectivity index (χ1n) is 23.8. The second-order valence-corrected chi connectivity index (χ2v) is 20.0. The molecule has 0 saturated carbocycles. The molecule has 4 aliphatic rings. The maximum atomic E-state index is 14.7. The third-order valence-electron chi connectivity index (χ3n) is 13.8. The number of carbonyl (C=O) groups is 5. The molecule has 16 heteroatoms. The van der Waals surface area contributed by atoms with E-state index in [2.05, 4.69) is 59.6 Å². The van der Waals surface area contributed by atoms with Crippen molar-refractivity contribution in [3.8, 4) is 28.1 Å². The van der Waals surface area contributed by atoms with Crippen molar-refractivity contribution in [3.05, 3.63) is 71.5 Å². The molecule has 4 amide bonds. The zero-order valence-corrected chi connectivity index (χ0v) is 40.1. The van der Waals surface area contributed by atoms with Crippen LogP contribution in [-0.2, 0) is 52.8 Å². The number of aryl methyl sites for hydroxylation is 1. The van der Waals surface area contributed by atoms with Crippen LogP contribution in [0.4, 0.5) is 0 Å². The predicted molar refractivity (Wildman–Crippen MR) is 253 cm³/mol. The lowest BCUT2D eigenvalue weighted by Crippen LogP contribution is -2.62. The van der Waals surface area contributed by atoms with Crippen LogP contribution in [0.5, 0.6) is 5.75 Å².